The monoisotopic (exact) mass is 479 g/mol. The summed E-state index contributed by atoms with van der Waals surface area (Å²) in [6.07, 6.45) is 4.38. The van der Waals surface area contributed by atoms with Crippen molar-refractivity contribution in [2.45, 2.75) is 44.0 Å². The number of anilines is 1. The Morgan fingerprint density at radius 1 is 1.12 bits per heavy atom. The normalized spacial score (nSPS) is 12.0. The lowest BCUT2D eigenvalue weighted by Crippen LogP contribution is -2.22. The SMILES string of the molecule is CCCCn1c(CCC(=O)Nc2cccc3cccnc23)nc2cc(S(=O)(=O)N(C)C)ccc21. The third-order valence-electron chi connectivity index (χ3n) is 5.80. The Hall–Kier alpha value is -3.30. The minimum atomic E-state index is -3.55. The van der Waals surface area contributed by atoms with Gasteiger partial charge in [0.15, 0.2) is 0 Å². The lowest BCUT2D eigenvalue weighted by molar-refractivity contribution is -0.116. The third kappa shape index (κ3) is 4.80. The maximum Gasteiger partial charge on any atom is 0.242 e. The molecular weight excluding hydrogens is 450 g/mol. The van der Waals surface area contributed by atoms with Gasteiger partial charge in [-0.25, -0.2) is 17.7 Å². The van der Waals surface area contributed by atoms with E-state index in [1.807, 2.05) is 30.3 Å². The van der Waals surface area contributed by atoms with E-state index in [-0.39, 0.29) is 17.2 Å². The molecule has 0 aliphatic heterocycles. The average molecular weight is 480 g/mol. The third-order valence-corrected chi connectivity index (χ3v) is 7.61. The minimum Gasteiger partial charge on any atom is -0.328 e. The van der Waals surface area contributed by atoms with Crippen molar-refractivity contribution in [2.75, 3.05) is 19.4 Å². The standard InChI is InChI=1S/C25H29N5O3S/c1-4-5-16-30-22-12-11-19(34(32,33)29(2)3)17-21(22)27-23(30)13-14-24(31)28-20-10-6-8-18-9-7-15-26-25(18)20/h6-12,15,17H,4-5,13-14,16H2,1-3H3,(H,28,31). The second kappa shape index (κ2) is 9.90. The van der Waals surface area contributed by atoms with Crippen molar-refractivity contribution in [1.82, 2.24) is 18.8 Å². The van der Waals surface area contributed by atoms with Gasteiger partial charge in [0.05, 0.1) is 27.1 Å². The first-order valence-electron chi connectivity index (χ1n) is 11.4. The van der Waals surface area contributed by atoms with Gasteiger partial charge in [0, 0.05) is 45.1 Å². The van der Waals surface area contributed by atoms with Crippen molar-refractivity contribution >= 4 is 43.6 Å². The van der Waals surface area contributed by atoms with Crippen LogP contribution in [0.5, 0.6) is 0 Å². The number of rotatable bonds is 9. The Bertz CT molecular complexity index is 1440. The molecule has 9 heteroatoms. The van der Waals surface area contributed by atoms with Crippen LogP contribution in [0.4, 0.5) is 5.69 Å². The summed E-state index contributed by atoms with van der Waals surface area (Å²) in [6.45, 7) is 2.88. The first-order valence-corrected chi connectivity index (χ1v) is 12.8. The second-order valence-corrected chi connectivity index (χ2v) is 10.6. The van der Waals surface area contributed by atoms with Crippen LogP contribution in [-0.4, -0.2) is 47.3 Å². The summed E-state index contributed by atoms with van der Waals surface area (Å²) in [6, 6.07) is 14.5. The minimum absolute atomic E-state index is 0.122. The van der Waals surface area contributed by atoms with Crippen LogP contribution >= 0.6 is 0 Å². The number of aryl methyl sites for hydroxylation is 2. The largest absolute Gasteiger partial charge is 0.328 e. The number of hydrogen-bond acceptors (Lipinski definition) is 5. The summed E-state index contributed by atoms with van der Waals surface area (Å²) in [5.41, 5.74) is 2.93. The number of pyridine rings is 1. The summed E-state index contributed by atoms with van der Waals surface area (Å²) >= 11 is 0. The van der Waals surface area contributed by atoms with Gasteiger partial charge in [-0.1, -0.05) is 31.5 Å². The fourth-order valence-electron chi connectivity index (χ4n) is 3.93. The summed E-state index contributed by atoms with van der Waals surface area (Å²) in [5, 5.41) is 3.93. The van der Waals surface area contributed by atoms with Gasteiger partial charge in [-0.2, -0.15) is 0 Å². The van der Waals surface area contributed by atoms with Crippen molar-refractivity contribution in [3.8, 4) is 0 Å². The molecule has 2 aromatic heterocycles. The van der Waals surface area contributed by atoms with Crippen molar-refractivity contribution in [2.24, 2.45) is 0 Å². The summed E-state index contributed by atoms with van der Waals surface area (Å²) < 4.78 is 28.4. The number of nitrogens with zero attached hydrogens (tertiary/aromatic N) is 4. The number of nitrogens with one attached hydrogen (secondary N) is 1. The molecule has 0 aliphatic carbocycles. The van der Waals surface area contributed by atoms with Gasteiger partial charge >= 0.3 is 0 Å². The molecule has 0 radical (unpaired) electrons. The van der Waals surface area contributed by atoms with E-state index in [1.54, 1.807) is 24.4 Å². The maximum absolute atomic E-state index is 12.8. The highest BCUT2D eigenvalue weighted by Crippen LogP contribution is 2.24. The molecule has 2 aromatic carbocycles. The van der Waals surface area contributed by atoms with Crippen LogP contribution in [0, 0.1) is 0 Å². The van der Waals surface area contributed by atoms with Gasteiger partial charge in [-0.05, 0) is 36.8 Å². The fraction of sp³-hybridized carbons (Fsp3) is 0.320. The van der Waals surface area contributed by atoms with Gasteiger partial charge in [-0.3, -0.25) is 9.78 Å². The number of benzene rings is 2. The van der Waals surface area contributed by atoms with E-state index in [4.69, 9.17) is 4.98 Å². The highest BCUT2D eigenvalue weighted by atomic mass is 32.2. The van der Waals surface area contributed by atoms with E-state index in [0.717, 1.165) is 41.6 Å². The van der Waals surface area contributed by atoms with Crippen molar-refractivity contribution < 1.29 is 13.2 Å². The average Bonchev–Trinajstić information content (AvgIpc) is 3.18. The number of para-hydroxylation sites is 1. The number of carbonyl (C=O) groups excluding carboxylic acids is 1. The second-order valence-electron chi connectivity index (χ2n) is 8.40. The predicted molar refractivity (Wildman–Crippen MR) is 134 cm³/mol. The van der Waals surface area contributed by atoms with Crippen LogP contribution in [0.3, 0.4) is 0 Å². The molecule has 0 saturated carbocycles. The molecule has 178 valence electrons. The Morgan fingerprint density at radius 2 is 1.91 bits per heavy atom. The van der Waals surface area contributed by atoms with Gasteiger partial charge in [0.25, 0.3) is 0 Å². The van der Waals surface area contributed by atoms with Gasteiger partial charge < -0.3 is 9.88 Å². The lowest BCUT2D eigenvalue weighted by atomic mass is 10.2. The molecule has 0 bridgehead atoms. The molecular formula is C25H29N5O3S. The molecule has 0 aliphatic rings. The molecule has 1 amide bonds. The van der Waals surface area contributed by atoms with Gasteiger partial charge in [0.1, 0.15) is 5.82 Å². The molecule has 0 unspecified atom stereocenters. The van der Waals surface area contributed by atoms with E-state index >= 15 is 0 Å². The van der Waals surface area contributed by atoms with E-state index in [1.165, 1.54) is 18.4 Å². The first-order chi connectivity index (χ1) is 16.3. The lowest BCUT2D eigenvalue weighted by Gasteiger charge is -2.12. The summed E-state index contributed by atoms with van der Waals surface area (Å²) in [7, 11) is -0.536. The van der Waals surface area contributed by atoms with Crippen molar-refractivity contribution in [3.05, 3.63) is 60.6 Å². The topological polar surface area (TPSA) is 97.2 Å². The molecule has 0 fully saturated rings. The first kappa shape index (κ1) is 23.8. The molecule has 1 N–H and O–H groups in total. The van der Waals surface area contributed by atoms with Gasteiger partial charge in [0.2, 0.25) is 15.9 Å². The smallest absolute Gasteiger partial charge is 0.242 e. The number of fused-ring (bicyclic) bond motifs is 2. The molecule has 4 rings (SSSR count). The highest BCUT2D eigenvalue weighted by Gasteiger charge is 2.20. The number of unbranched alkanes of at least 4 members (excludes halogenated alkanes) is 1. The van der Waals surface area contributed by atoms with Crippen LogP contribution in [0.25, 0.3) is 21.9 Å². The van der Waals surface area contributed by atoms with Crippen molar-refractivity contribution in [1.29, 1.82) is 0 Å². The number of sulfonamides is 1. The number of amides is 1. The Balaban J connectivity index is 1.58. The van der Waals surface area contributed by atoms with E-state index < -0.39 is 10.0 Å². The van der Waals surface area contributed by atoms with Crippen molar-refractivity contribution in [3.63, 3.8) is 0 Å². The number of carbonyl (C=O) groups is 1. The molecule has 0 spiro atoms. The van der Waals surface area contributed by atoms with Crippen LogP contribution < -0.4 is 5.32 Å². The number of aromatic nitrogens is 3. The molecule has 8 nitrogen and oxygen atoms in total. The summed E-state index contributed by atoms with van der Waals surface area (Å²) in [5.74, 6) is 0.650. The molecule has 34 heavy (non-hydrogen) atoms. The van der Waals surface area contributed by atoms with E-state index in [2.05, 4.69) is 21.8 Å². The highest BCUT2D eigenvalue weighted by molar-refractivity contribution is 7.89. The Kier molecular flexibility index (Phi) is 6.95. The molecule has 0 atom stereocenters. The molecule has 2 heterocycles. The summed E-state index contributed by atoms with van der Waals surface area (Å²) in [4.78, 5) is 22.1. The zero-order valence-corrected chi connectivity index (χ0v) is 20.5. The number of imidazole rings is 1. The fourth-order valence-corrected chi connectivity index (χ4v) is 4.85. The zero-order valence-electron chi connectivity index (χ0n) is 19.7. The van der Waals surface area contributed by atoms with Crippen LogP contribution in [0.1, 0.15) is 32.0 Å². The predicted octanol–water partition coefficient (Wildman–Crippen LogP) is 4.21. The van der Waals surface area contributed by atoms with Gasteiger partial charge in [-0.15, -0.1) is 0 Å². The van der Waals surface area contributed by atoms with Crippen LogP contribution in [0.2, 0.25) is 0 Å². The zero-order chi connectivity index (χ0) is 24.3. The molecule has 0 saturated heterocycles. The Labute approximate surface area is 199 Å². The van der Waals surface area contributed by atoms with E-state index in [9.17, 15) is 13.2 Å². The number of hydrogen-bond donors (Lipinski definition) is 1. The van der Waals surface area contributed by atoms with Crippen LogP contribution in [0.15, 0.2) is 59.6 Å². The Morgan fingerprint density at radius 3 is 2.68 bits per heavy atom. The van der Waals surface area contributed by atoms with Crippen LogP contribution in [-0.2, 0) is 27.8 Å². The quantitative estimate of drug-likeness (QED) is 0.388. The van der Waals surface area contributed by atoms with E-state index in [0.29, 0.717) is 17.6 Å². The maximum atomic E-state index is 12.8. The molecule has 4 aromatic rings.